The van der Waals surface area contributed by atoms with Gasteiger partial charge in [-0.05, 0) is 229 Å². The van der Waals surface area contributed by atoms with Crippen LogP contribution in [0.15, 0.2) is 88.6 Å². The number of aryl methyl sites for hydroxylation is 13. The van der Waals surface area contributed by atoms with E-state index in [9.17, 15) is 0 Å². The summed E-state index contributed by atoms with van der Waals surface area (Å²) in [7, 11) is 3.87. The number of hydrogen-bond donors (Lipinski definition) is 0. The van der Waals surface area contributed by atoms with Crippen LogP contribution in [0.5, 0.6) is 0 Å². The summed E-state index contributed by atoms with van der Waals surface area (Å²) in [4.78, 5) is 18.8. The first kappa shape index (κ1) is 104. The molecule has 5 nitrogen and oxygen atoms in total. The Labute approximate surface area is 599 Å². The summed E-state index contributed by atoms with van der Waals surface area (Å²) in [6.07, 6.45) is 9.25. The van der Waals surface area contributed by atoms with Crippen LogP contribution in [-0.2, 0) is 7.05 Å². The average Bonchev–Trinajstić information content (AvgIpc) is 1.65. The van der Waals surface area contributed by atoms with Gasteiger partial charge in [0.2, 0.25) is 0 Å². The van der Waals surface area contributed by atoms with Crippen LogP contribution in [-0.4, -0.2) is 42.3 Å². The number of aliphatic imine (C=N–C) groups is 1. The Morgan fingerprint density at radius 3 is 0.806 bits per heavy atom. The molecular weight excluding hydrogens is 1280 g/mol. The molecule has 0 radical (unpaired) electrons. The molecule has 0 unspecified atom stereocenters. The maximum atomic E-state index is 5.34. The van der Waals surface area contributed by atoms with Crippen LogP contribution in [0.2, 0.25) is 0 Å². The van der Waals surface area contributed by atoms with Gasteiger partial charge < -0.3 is 14.0 Å². The number of nitrogens with zero attached hydrogens (tertiary/aromatic N) is 4. The number of pyridine rings is 1. The number of allylic oxidation sites excluding steroid dienone is 2. The molecule has 0 aliphatic heterocycles. The number of aromatic nitrogens is 3. The number of benzene rings is 1. The molecule has 0 N–H and O–H groups in total. The third-order valence-corrected chi connectivity index (χ3v) is 21.7. The van der Waals surface area contributed by atoms with Gasteiger partial charge in [0.15, 0.2) is 0 Å². The number of thiophene rings is 3. The summed E-state index contributed by atoms with van der Waals surface area (Å²) >= 11 is 8.22. The van der Waals surface area contributed by atoms with E-state index >= 15 is 0 Å². The quantitative estimate of drug-likeness (QED) is 0.0658. The Morgan fingerprint density at radius 2 is 0.688 bits per heavy atom. The Hall–Kier alpha value is -5.11. The van der Waals surface area contributed by atoms with E-state index < -0.39 is 0 Å². The van der Waals surface area contributed by atoms with Crippen LogP contribution in [0.4, 0.5) is 0 Å². The van der Waals surface area contributed by atoms with Gasteiger partial charge in [0.25, 0.3) is 0 Å². The molecule has 10 heteroatoms. The molecule has 8 heterocycles. The molecule has 0 saturated heterocycles. The van der Waals surface area contributed by atoms with Crippen LogP contribution in [0.25, 0.3) is 9.40 Å². The van der Waals surface area contributed by atoms with Gasteiger partial charge in [-0.1, -0.05) is 138 Å². The largest absolute Gasteiger partial charge is 0.466 e. The molecule has 0 atom stereocenters. The number of hydrogen-bond acceptors (Lipinski definition) is 8. The van der Waals surface area contributed by atoms with Gasteiger partial charge in [0, 0.05) is 71.7 Å². The summed E-state index contributed by atoms with van der Waals surface area (Å²) < 4.78 is 13.8. The van der Waals surface area contributed by atoms with Crippen molar-refractivity contribution in [1.82, 2.24) is 14.5 Å². The predicted octanol–water partition coefficient (Wildman–Crippen LogP) is 28.2. The summed E-state index contributed by atoms with van der Waals surface area (Å²) in [5.74, 6) is 7.45. The van der Waals surface area contributed by atoms with E-state index in [0.29, 0.717) is 14.5 Å². The Balaban J connectivity index is -0.000000142. The van der Waals surface area contributed by atoms with Crippen molar-refractivity contribution in [3.8, 4) is 11.8 Å². The Morgan fingerprint density at radius 1 is 0.398 bits per heavy atom. The van der Waals surface area contributed by atoms with Gasteiger partial charge in [-0.2, -0.15) is 0 Å². The molecule has 0 bridgehead atoms. The molecule has 9 rings (SSSR count). The summed E-state index contributed by atoms with van der Waals surface area (Å²) in [5.41, 5.74) is 18.3. The number of rotatable bonds is 0. The summed E-state index contributed by atoms with van der Waals surface area (Å²) in [6.45, 7) is 83.1. The average molecular weight is 1420 g/mol. The van der Waals surface area contributed by atoms with E-state index in [2.05, 4.69) is 170 Å². The van der Waals surface area contributed by atoms with Gasteiger partial charge in [0.1, 0.15) is 11.5 Å². The topological polar surface area (TPSA) is 56.2 Å². The molecule has 528 valence electrons. The normalized spacial score (nSPS) is 8.80. The molecule has 0 saturated carbocycles. The minimum Gasteiger partial charge on any atom is -0.466 e. The van der Waals surface area contributed by atoms with E-state index in [1.54, 1.807) is 45.9 Å². The molecular formula is C83H140N4OS4Se. The Bertz CT molecular complexity index is 2820. The first-order valence-corrected chi connectivity index (χ1v) is 38.6. The molecule has 9 aromatic rings. The third-order valence-electron chi connectivity index (χ3n) is 14.1. The molecule has 0 amide bonds. The summed E-state index contributed by atoms with van der Waals surface area (Å²) in [5, 5.41) is 1.17. The van der Waals surface area contributed by atoms with Crippen LogP contribution in [0.3, 0.4) is 0 Å². The zero-order valence-corrected chi connectivity index (χ0v) is 72.8. The van der Waals surface area contributed by atoms with Crippen molar-refractivity contribution in [2.45, 2.75) is 277 Å². The molecule has 0 aliphatic rings. The molecule has 1 aromatic carbocycles. The third kappa shape index (κ3) is 45.1. The second-order valence-corrected chi connectivity index (χ2v) is 27.6. The smallest absolute Gasteiger partial charge is 0.104 e. The van der Waals surface area contributed by atoms with Crippen molar-refractivity contribution in [2.75, 3.05) is 7.05 Å². The fourth-order valence-corrected chi connectivity index (χ4v) is 13.5. The number of thiazole rings is 1. The van der Waals surface area contributed by atoms with E-state index in [1.807, 2.05) is 246 Å². The molecule has 93 heavy (non-hydrogen) atoms. The van der Waals surface area contributed by atoms with E-state index in [1.165, 1.54) is 112 Å². The maximum Gasteiger partial charge on any atom is 0.104 e. The standard InChI is InChI=1S/C10H12S2.C9H15N.C8H12O.C8H12S.C8H12Se.C6H9NS.C6H6.C5H5N.C4H8.C4H6.C3H7N.6C2H6/c1-5-7(3)11-10-6(2)8(4)12-9(5)10;1-6-7(2)9(4)10(5)8(6)3;3*1-5-6(2)8(4)9-7(5)3;1-4-5(2)8-6(3)7-4;2*1-2-4-6-5-3-1;3*1-3-4-2;6*1-2/h1-4H3;1-5H3;3*1-4H3;1-3H3;1-6H;1-5H;3-4H,1-2H3;1-2H3;3H,1-2H3;6*1-2H3. The molecule has 0 fully saturated rings. The van der Waals surface area contributed by atoms with Crippen molar-refractivity contribution in [3.63, 3.8) is 0 Å². The fourth-order valence-electron chi connectivity index (χ4n) is 6.73. The van der Waals surface area contributed by atoms with Crippen LogP contribution >= 0.6 is 45.3 Å². The minimum atomic E-state index is 0.689. The van der Waals surface area contributed by atoms with Crippen molar-refractivity contribution in [3.05, 3.63) is 202 Å². The van der Waals surface area contributed by atoms with Gasteiger partial charge >= 0.3 is 62.2 Å². The SMILES string of the molecule is CC.CC.CC.CC.CC.CC.CC#CC.CC=CC.CC=NC.Cc1[se]c(C)c(C)c1C.Cc1c(C)c(C)n(C)c1C.Cc1nc(C)c(C)s1.Cc1oc(C)c(C)c1C.Cc1sc(C)c(C)c1C.Cc1sc2c(C)c(C)sc2c1C.c1ccccc1.c1ccncc1. The van der Waals surface area contributed by atoms with Crippen LogP contribution in [0.1, 0.15) is 240 Å². The van der Waals surface area contributed by atoms with Gasteiger partial charge in [-0.15, -0.1) is 57.2 Å². The summed E-state index contributed by atoms with van der Waals surface area (Å²) in [6, 6.07) is 17.7. The first-order chi connectivity index (χ1) is 44.0. The Kier molecular flexibility index (Phi) is 74.8. The van der Waals surface area contributed by atoms with E-state index in [-0.39, 0.29) is 0 Å². The minimum absolute atomic E-state index is 0.689. The van der Waals surface area contributed by atoms with Gasteiger partial charge in [0.05, 0.1) is 10.7 Å². The second-order valence-electron chi connectivity index (χ2n) is 19.3. The van der Waals surface area contributed by atoms with Crippen LogP contribution in [0, 0.1) is 171 Å². The monoisotopic (exact) mass is 1420 g/mol. The number of fused-ring (bicyclic) bond motifs is 1. The van der Waals surface area contributed by atoms with Crippen LogP contribution < -0.4 is 0 Å². The fraction of sp³-hybridized carbons (Fsp3) is 0.506. The molecule has 8 aromatic heterocycles. The first-order valence-electron chi connectivity index (χ1n) is 33.7. The van der Waals surface area contributed by atoms with Crippen molar-refractivity contribution in [1.29, 1.82) is 0 Å². The molecule has 0 aliphatic carbocycles. The maximum absolute atomic E-state index is 5.34. The van der Waals surface area contributed by atoms with Gasteiger partial charge in [-0.3, -0.25) is 4.98 Å². The zero-order chi connectivity index (χ0) is 74.7. The predicted molar refractivity (Wildman–Crippen MR) is 441 cm³/mol. The number of furan rings is 1. The van der Waals surface area contributed by atoms with Crippen molar-refractivity contribution >= 4 is 75.5 Å². The van der Waals surface area contributed by atoms with Crippen molar-refractivity contribution in [2.24, 2.45) is 12.0 Å². The van der Waals surface area contributed by atoms with Gasteiger partial charge in [-0.25, -0.2) is 4.98 Å². The van der Waals surface area contributed by atoms with E-state index in [0.717, 1.165) is 11.5 Å². The molecule has 0 spiro atoms. The van der Waals surface area contributed by atoms with E-state index in [4.69, 9.17) is 4.42 Å². The zero-order valence-electron chi connectivity index (χ0n) is 67.8. The van der Waals surface area contributed by atoms with Crippen molar-refractivity contribution < 1.29 is 4.42 Å². The second kappa shape index (κ2) is 66.9.